The van der Waals surface area contributed by atoms with Gasteiger partial charge < -0.3 is 0 Å². The molecular weight excluding hydrogens is 280 g/mol. The van der Waals surface area contributed by atoms with Crippen molar-refractivity contribution in [3.05, 3.63) is 34.1 Å². The first-order valence-corrected chi connectivity index (χ1v) is 4.64. The van der Waals surface area contributed by atoms with Crippen molar-refractivity contribution in [2.75, 3.05) is 0 Å². The Morgan fingerprint density at radius 2 is 1.93 bits per heavy atom. The van der Waals surface area contributed by atoms with E-state index in [2.05, 4.69) is 15.9 Å². The van der Waals surface area contributed by atoms with Crippen molar-refractivity contribution in [2.45, 2.75) is 12.2 Å². The summed E-state index contributed by atoms with van der Waals surface area (Å²) in [7, 11) is 0. The van der Waals surface area contributed by atoms with E-state index < -0.39 is 23.6 Å². The van der Waals surface area contributed by atoms with Gasteiger partial charge in [-0.05, 0) is 22.0 Å². The second kappa shape index (κ2) is 4.46. The predicted molar refractivity (Wildman–Crippen MR) is 50.2 cm³/mol. The van der Waals surface area contributed by atoms with Crippen LogP contribution in [0.4, 0.5) is 17.6 Å². The first-order chi connectivity index (χ1) is 6.88. The van der Waals surface area contributed by atoms with Crippen LogP contribution >= 0.6 is 15.9 Å². The van der Waals surface area contributed by atoms with Crippen LogP contribution in [0.25, 0.3) is 0 Å². The van der Waals surface area contributed by atoms with Gasteiger partial charge in [-0.1, -0.05) is 12.1 Å². The molecule has 3 N–H and O–H groups in total. The molecule has 0 heterocycles. The van der Waals surface area contributed by atoms with Crippen LogP contribution in [0.15, 0.2) is 22.7 Å². The summed E-state index contributed by atoms with van der Waals surface area (Å²) in [5.41, 5.74) is 0.998. The van der Waals surface area contributed by atoms with E-state index in [4.69, 9.17) is 5.84 Å². The highest BCUT2D eigenvalue weighted by atomic mass is 79.9. The van der Waals surface area contributed by atoms with Gasteiger partial charge in [0.1, 0.15) is 11.9 Å². The molecule has 0 aromatic heterocycles. The summed E-state index contributed by atoms with van der Waals surface area (Å²) in [5, 5.41) is 0. The van der Waals surface area contributed by atoms with Crippen LogP contribution in [0, 0.1) is 5.82 Å². The van der Waals surface area contributed by atoms with Crippen LogP contribution in [0.1, 0.15) is 11.6 Å². The SMILES string of the molecule is NNC(c1cccc(Br)c1F)C(F)(F)F. The molecule has 84 valence electrons. The summed E-state index contributed by atoms with van der Waals surface area (Å²) in [5.74, 6) is 3.78. The number of halogens is 5. The van der Waals surface area contributed by atoms with Gasteiger partial charge in [0, 0.05) is 5.56 Å². The van der Waals surface area contributed by atoms with Crippen molar-refractivity contribution in [1.29, 1.82) is 0 Å². The number of hydrazine groups is 1. The minimum atomic E-state index is -4.64. The fourth-order valence-electron chi connectivity index (χ4n) is 1.10. The molecule has 1 rings (SSSR count). The molecule has 0 bridgehead atoms. The third kappa shape index (κ3) is 2.67. The van der Waals surface area contributed by atoms with Crippen molar-refractivity contribution in [2.24, 2.45) is 5.84 Å². The fourth-order valence-corrected chi connectivity index (χ4v) is 1.49. The molecule has 0 aliphatic heterocycles. The van der Waals surface area contributed by atoms with Crippen LogP contribution in [-0.4, -0.2) is 6.18 Å². The Bertz CT molecular complexity index is 353. The smallest absolute Gasteiger partial charge is 0.271 e. The lowest BCUT2D eigenvalue weighted by Gasteiger charge is -2.20. The maximum Gasteiger partial charge on any atom is 0.409 e. The standard InChI is InChI=1S/C8H7BrF4N2/c9-5-3-1-2-4(6(5)10)7(15-14)8(11,12)13/h1-3,7,15H,14H2. The number of nitrogens with two attached hydrogens (primary N) is 1. The van der Waals surface area contributed by atoms with Crippen LogP contribution in [-0.2, 0) is 0 Å². The summed E-state index contributed by atoms with van der Waals surface area (Å²) < 4.78 is 50.5. The van der Waals surface area contributed by atoms with Crippen LogP contribution < -0.4 is 11.3 Å². The van der Waals surface area contributed by atoms with E-state index in [1.54, 1.807) is 5.43 Å². The lowest BCUT2D eigenvalue weighted by molar-refractivity contribution is -0.158. The maximum atomic E-state index is 13.3. The van der Waals surface area contributed by atoms with E-state index >= 15 is 0 Å². The van der Waals surface area contributed by atoms with Crippen LogP contribution in [0.3, 0.4) is 0 Å². The zero-order valence-corrected chi connectivity index (χ0v) is 8.86. The molecule has 1 atom stereocenters. The fraction of sp³-hybridized carbons (Fsp3) is 0.250. The Labute approximate surface area is 91.6 Å². The third-order valence-corrected chi connectivity index (χ3v) is 2.40. The van der Waals surface area contributed by atoms with E-state index in [0.717, 1.165) is 6.07 Å². The first-order valence-electron chi connectivity index (χ1n) is 3.84. The van der Waals surface area contributed by atoms with Gasteiger partial charge in [0.2, 0.25) is 0 Å². The highest BCUT2D eigenvalue weighted by Crippen LogP contribution is 2.34. The Hall–Kier alpha value is -0.660. The summed E-state index contributed by atoms with van der Waals surface area (Å²) in [6.07, 6.45) is -4.64. The molecule has 7 heteroatoms. The first kappa shape index (κ1) is 12.4. The number of benzene rings is 1. The Balaban J connectivity index is 3.19. The molecule has 1 unspecified atom stereocenters. The number of nitrogens with one attached hydrogen (secondary N) is 1. The van der Waals surface area contributed by atoms with Gasteiger partial charge in [-0.15, -0.1) is 0 Å². The second-order valence-corrected chi connectivity index (χ2v) is 3.64. The quantitative estimate of drug-likeness (QED) is 0.498. The number of rotatable bonds is 2. The molecule has 1 aromatic carbocycles. The molecule has 0 fully saturated rings. The monoisotopic (exact) mass is 286 g/mol. The van der Waals surface area contributed by atoms with E-state index in [1.807, 2.05) is 0 Å². The second-order valence-electron chi connectivity index (χ2n) is 2.78. The van der Waals surface area contributed by atoms with Crippen LogP contribution in [0.2, 0.25) is 0 Å². The van der Waals surface area contributed by atoms with Crippen molar-refractivity contribution in [3.63, 3.8) is 0 Å². The van der Waals surface area contributed by atoms with E-state index in [-0.39, 0.29) is 4.47 Å². The molecular formula is C8H7BrF4N2. The number of hydrogen-bond acceptors (Lipinski definition) is 2. The molecule has 0 aliphatic carbocycles. The zero-order chi connectivity index (χ0) is 11.6. The molecule has 0 aliphatic rings. The van der Waals surface area contributed by atoms with Gasteiger partial charge in [-0.25, -0.2) is 9.82 Å². The van der Waals surface area contributed by atoms with Crippen LogP contribution in [0.5, 0.6) is 0 Å². The Morgan fingerprint density at radius 1 is 1.33 bits per heavy atom. The predicted octanol–water partition coefficient (Wildman–Crippen LogP) is 2.65. The normalized spacial score (nSPS) is 14.0. The van der Waals surface area contributed by atoms with Gasteiger partial charge in [0.25, 0.3) is 0 Å². The van der Waals surface area contributed by atoms with E-state index in [1.165, 1.54) is 12.1 Å². The average Bonchev–Trinajstić information content (AvgIpc) is 2.11. The Kier molecular flexibility index (Phi) is 3.69. The highest BCUT2D eigenvalue weighted by Gasteiger charge is 2.41. The number of alkyl halides is 3. The molecule has 0 radical (unpaired) electrons. The Morgan fingerprint density at radius 3 is 2.40 bits per heavy atom. The van der Waals surface area contributed by atoms with Crippen molar-refractivity contribution in [3.8, 4) is 0 Å². The lowest BCUT2D eigenvalue weighted by atomic mass is 10.1. The van der Waals surface area contributed by atoms with Crippen molar-refractivity contribution < 1.29 is 17.6 Å². The van der Waals surface area contributed by atoms with Gasteiger partial charge in [-0.3, -0.25) is 5.84 Å². The molecule has 2 nitrogen and oxygen atoms in total. The molecule has 0 amide bonds. The summed E-state index contributed by atoms with van der Waals surface area (Å²) >= 11 is 2.80. The minimum absolute atomic E-state index is 0.0375. The lowest BCUT2D eigenvalue weighted by Crippen LogP contribution is -2.39. The number of hydrogen-bond donors (Lipinski definition) is 2. The average molecular weight is 287 g/mol. The molecule has 0 spiro atoms. The van der Waals surface area contributed by atoms with Gasteiger partial charge >= 0.3 is 6.18 Å². The van der Waals surface area contributed by atoms with Gasteiger partial charge in [-0.2, -0.15) is 13.2 Å². The highest BCUT2D eigenvalue weighted by molar-refractivity contribution is 9.10. The van der Waals surface area contributed by atoms with Crippen molar-refractivity contribution in [1.82, 2.24) is 5.43 Å². The van der Waals surface area contributed by atoms with Gasteiger partial charge in [0.05, 0.1) is 4.47 Å². The summed E-state index contributed by atoms with van der Waals surface area (Å²) in [6, 6.07) is 1.43. The zero-order valence-electron chi connectivity index (χ0n) is 7.28. The molecule has 1 aromatic rings. The van der Waals surface area contributed by atoms with E-state index in [0.29, 0.717) is 0 Å². The van der Waals surface area contributed by atoms with Crippen molar-refractivity contribution >= 4 is 15.9 Å². The molecule has 15 heavy (non-hydrogen) atoms. The van der Waals surface area contributed by atoms with E-state index in [9.17, 15) is 17.6 Å². The topological polar surface area (TPSA) is 38.0 Å². The van der Waals surface area contributed by atoms with Gasteiger partial charge in [0.15, 0.2) is 0 Å². The summed E-state index contributed by atoms with van der Waals surface area (Å²) in [6.45, 7) is 0. The molecule has 0 saturated heterocycles. The summed E-state index contributed by atoms with van der Waals surface area (Å²) in [4.78, 5) is 0. The largest absolute Gasteiger partial charge is 0.409 e. The minimum Gasteiger partial charge on any atom is -0.271 e. The maximum absolute atomic E-state index is 13.3. The third-order valence-electron chi connectivity index (χ3n) is 1.79. The molecule has 0 saturated carbocycles.